The van der Waals surface area contributed by atoms with E-state index in [9.17, 15) is 4.79 Å². The largest absolute Gasteiger partial charge is 0.281 e. The zero-order valence-corrected chi connectivity index (χ0v) is 12.9. The van der Waals surface area contributed by atoms with Crippen LogP contribution in [-0.4, -0.2) is 5.24 Å². The Hall–Kier alpha value is -1.02. The highest BCUT2D eigenvalue weighted by atomic mass is 35.5. The quantitative estimate of drug-likeness (QED) is 0.665. The molecule has 0 aliphatic rings. The minimum absolute atomic E-state index is 0.299. The standard InChI is InChI=1S/C16H13Cl3O/c17-14-9-7-11(10-15(14)18)6-8-13(16(19)20)12-4-2-1-3-5-12/h1-5,7,9-10,13H,6,8H2. The number of rotatable bonds is 5. The maximum atomic E-state index is 11.6. The molecule has 0 aliphatic heterocycles. The van der Waals surface area contributed by atoms with Crippen LogP contribution in [0, 0.1) is 0 Å². The van der Waals surface area contributed by atoms with Crippen molar-refractivity contribution in [1.29, 1.82) is 0 Å². The van der Waals surface area contributed by atoms with Crippen molar-refractivity contribution in [3.63, 3.8) is 0 Å². The fourth-order valence-corrected chi connectivity index (χ4v) is 2.66. The number of aryl methyl sites for hydroxylation is 1. The number of halogens is 3. The molecule has 2 rings (SSSR count). The predicted octanol–water partition coefficient (Wildman–Crippen LogP) is 5.48. The lowest BCUT2D eigenvalue weighted by atomic mass is 9.93. The van der Waals surface area contributed by atoms with Gasteiger partial charge in [-0.15, -0.1) is 0 Å². The van der Waals surface area contributed by atoms with Crippen molar-refractivity contribution in [3.05, 3.63) is 69.7 Å². The zero-order chi connectivity index (χ0) is 14.5. The van der Waals surface area contributed by atoms with Gasteiger partial charge in [0.2, 0.25) is 5.24 Å². The average molecular weight is 328 g/mol. The van der Waals surface area contributed by atoms with Gasteiger partial charge in [0.15, 0.2) is 0 Å². The zero-order valence-electron chi connectivity index (χ0n) is 10.7. The summed E-state index contributed by atoms with van der Waals surface area (Å²) in [5, 5.41) is 0.720. The molecule has 0 amide bonds. The Morgan fingerprint density at radius 3 is 2.30 bits per heavy atom. The molecule has 1 atom stereocenters. The van der Waals surface area contributed by atoms with Crippen LogP contribution < -0.4 is 0 Å². The summed E-state index contributed by atoms with van der Waals surface area (Å²) in [6.45, 7) is 0. The lowest BCUT2D eigenvalue weighted by molar-refractivity contribution is -0.113. The van der Waals surface area contributed by atoms with Gasteiger partial charge >= 0.3 is 0 Å². The summed E-state index contributed by atoms with van der Waals surface area (Å²) in [5.74, 6) is -0.299. The van der Waals surface area contributed by atoms with Gasteiger partial charge in [0, 0.05) is 0 Å². The average Bonchev–Trinajstić information content (AvgIpc) is 2.44. The van der Waals surface area contributed by atoms with Gasteiger partial charge in [0.1, 0.15) is 0 Å². The van der Waals surface area contributed by atoms with Crippen LogP contribution in [0.5, 0.6) is 0 Å². The molecule has 104 valence electrons. The summed E-state index contributed by atoms with van der Waals surface area (Å²) in [6.07, 6.45) is 1.36. The summed E-state index contributed by atoms with van der Waals surface area (Å²) >= 11 is 17.6. The first-order valence-electron chi connectivity index (χ1n) is 6.26. The third kappa shape index (κ3) is 3.99. The van der Waals surface area contributed by atoms with Gasteiger partial charge in [-0.2, -0.15) is 0 Å². The first kappa shape index (κ1) is 15.4. The summed E-state index contributed by atoms with van der Waals surface area (Å²) in [6, 6.07) is 15.1. The highest BCUT2D eigenvalue weighted by Gasteiger charge is 2.18. The van der Waals surface area contributed by atoms with Crippen LogP contribution >= 0.6 is 34.8 Å². The second kappa shape index (κ2) is 7.12. The molecule has 0 bridgehead atoms. The second-order valence-corrected chi connectivity index (χ2v) is 5.74. The summed E-state index contributed by atoms with van der Waals surface area (Å²) in [5.41, 5.74) is 1.98. The smallest absolute Gasteiger partial charge is 0.229 e. The van der Waals surface area contributed by atoms with Gasteiger partial charge < -0.3 is 0 Å². The molecule has 20 heavy (non-hydrogen) atoms. The van der Waals surface area contributed by atoms with E-state index in [1.165, 1.54) is 0 Å². The minimum Gasteiger partial charge on any atom is -0.281 e. The maximum absolute atomic E-state index is 11.6. The van der Waals surface area contributed by atoms with Crippen LogP contribution in [0.1, 0.15) is 23.5 Å². The first-order valence-corrected chi connectivity index (χ1v) is 7.39. The Bertz CT molecular complexity index is 596. The molecule has 2 aromatic rings. The molecule has 0 N–H and O–H groups in total. The van der Waals surface area contributed by atoms with Crippen molar-refractivity contribution in [1.82, 2.24) is 0 Å². The molecule has 0 aliphatic carbocycles. The number of hydrogen-bond acceptors (Lipinski definition) is 1. The second-order valence-electron chi connectivity index (χ2n) is 4.55. The van der Waals surface area contributed by atoms with E-state index in [4.69, 9.17) is 34.8 Å². The number of carbonyl (C=O) groups excluding carboxylic acids is 1. The topological polar surface area (TPSA) is 17.1 Å². The molecule has 0 aromatic heterocycles. The molecule has 0 saturated carbocycles. The van der Waals surface area contributed by atoms with Crippen molar-refractivity contribution in [2.75, 3.05) is 0 Å². The van der Waals surface area contributed by atoms with Crippen molar-refractivity contribution in [2.24, 2.45) is 0 Å². The summed E-state index contributed by atoms with van der Waals surface area (Å²) in [4.78, 5) is 11.6. The highest BCUT2D eigenvalue weighted by Crippen LogP contribution is 2.27. The molecule has 2 aromatic carbocycles. The van der Waals surface area contributed by atoms with Crippen LogP contribution in [0.15, 0.2) is 48.5 Å². The highest BCUT2D eigenvalue weighted by molar-refractivity contribution is 6.64. The van der Waals surface area contributed by atoms with E-state index in [1.807, 2.05) is 42.5 Å². The fourth-order valence-electron chi connectivity index (χ4n) is 2.10. The maximum Gasteiger partial charge on any atom is 0.229 e. The van der Waals surface area contributed by atoms with Gasteiger partial charge in [-0.25, -0.2) is 0 Å². The minimum atomic E-state index is -0.337. The van der Waals surface area contributed by atoms with E-state index in [0.717, 1.165) is 17.5 Å². The van der Waals surface area contributed by atoms with Crippen molar-refractivity contribution < 1.29 is 4.79 Å². The molecule has 0 radical (unpaired) electrons. The van der Waals surface area contributed by atoms with Gasteiger partial charge in [0.25, 0.3) is 0 Å². The van der Waals surface area contributed by atoms with E-state index in [2.05, 4.69) is 0 Å². The van der Waals surface area contributed by atoms with Gasteiger partial charge in [-0.1, -0.05) is 59.6 Å². The van der Waals surface area contributed by atoms with E-state index in [1.54, 1.807) is 6.07 Å². The fraction of sp³-hybridized carbons (Fsp3) is 0.188. The molecule has 4 heteroatoms. The van der Waals surface area contributed by atoms with Gasteiger partial charge in [0.05, 0.1) is 16.0 Å². The van der Waals surface area contributed by atoms with Crippen molar-refractivity contribution >= 4 is 40.0 Å². The predicted molar refractivity (Wildman–Crippen MR) is 84.8 cm³/mol. The number of hydrogen-bond donors (Lipinski definition) is 0. The van der Waals surface area contributed by atoms with Crippen molar-refractivity contribution in [3.8, 4) is 0 Å². The Kier molecular flexibility index (Phi) is 5.47. The van der Waals surface area contributed by atoms with E-state index in [0.29, 0.717) is 16.5 Å². The molecule has 0 spiro atoms. The Morgan fingerprint density at radius 1 is 1.00 bits per heavy atom. The van der Waals surface area contributed by atoms with Crippen molar-refractivity contribution in [2.45, 2.75) is 18.8 Å². The number of benzene rings is 2. The first-order chi connectivity index (χ1) is 9.58. The van der Waals surface area contributed by atoms with E-state index >= 15 is 0 Å². The van der Waals surface area contributed by atoms with Crippen LogP contribution in [0.3, 0.4) is 0 Å². The normalized spacial score (nSPS) is 12.2. The SMILES string of the molecule is O=C(Cl)C(CCc1ccc(Cl)c(Cl)c1)c1ccccc1. The third-order valence-electron chi connectivity index (χ3n) is 3.18. The summed E-state index contributed by atoms with van der Waals surface area (Å²) in [7, 11) is 0. The third-order valence-corrected chi connectivity index (χ3v) is 4.18. The van der Waals surface area contributed by atoms with Crippen LogP contribution in [0.2, 0.25) is 10.0 Å². The van der Waals surface area contributed by atoms with Crippen LogP contribution in [0.4, 0.5) is 0 Å². The molecule has 0 fully saturated rings. The van der Waals surface area contributed by atoms with Crippen LogP contribution in [-0.2, 0) is 11.2 Å². The Balaban J connectivity index is 2.10. The van der Waals surface area contributed by atoms with E-state index in [-0.39, 0.29) is 11.2 Å². The molecular formula is C16H13Cl3O. The van der Waals surface area contributed by atoms with Crippen LogP contribution in [0.25, 0.3) is 0 Å². The van der Waals surface area contributed by atoms with Gasteiger partial charge in [-0.3, -0.25) is 4.79 Å². The van der Waals surface area contributed by atoms with E-state index < -0.39 is 0 Å². The lowest BCUT2D eigenvalue weighted by Crippen LogP contribution is -2.08. The monoisotopic (exact) mass is 326 g/mol. The Morgan fingerprint density at radius 2 is 1.70 bits per heavy atom. The lowest BCUT2D eigenvalue weighted by Gasteiger charge is -2.13. The molecule has 0 saturated heterocycles. The summed E-state index contributed by atoms with van der Waals surface area (Å²) < 4.78 is 0. The molecule has 1 unspecified atom stereocenters. The molecule has 0 heterocycles. The number of carbonyl (C=O) groups is 1. The molecular weight excluding hydrogens is 315 g/mol. The van der Waals surface area contributed by atoms with Gasteiger partial charge in [-0.05, 0) is 47.7 Å². The Labute approximate surface area is 133 Å². The molecule has 1 nitrogen and oxygen atoms in total.